The summed E-state index contributed by atoms with van der Waals surface area (Å²) in [4.78, 5) is 30.7. The van der Waals surface area contributed by atoms with E-state index in [0.29, 0.717) is 22.7 Å². The maximum Gasteiger partial charge on any atom is 0.573 e. The molecule has 0 radical (unpaired) electrons. The van der Waals surface area contributed by atoms with Gasteiger partial charge in [-0.25, -0.2) is 4.98 Å². The molecule has 27 heavy (non-hydrogen) atoms. The van der Waals surface area contributed by atoms with Crippen LogP contribution in [0.25, 0.3) is 10.6 Å². The van der Waals surface area contributed by atoms with Crippen LogP contribution in [-0.4, -0.2) is 22.9 Å². The minimum atomic E-state index is -4.74. The summed E-state index contributed by atoms with van der Waals surface area (Å²) < 4.78 is 40.7. The smallest absolute Gasteiger partial charge is 0.406 e. The summed E-state index contributed by atoms with van der Waals surface area (Å²) in [5, 5.41) is 0.569. The van der Waals surface area contributed by atoms with E-state index in [-0.39, 0.29) is 29.2 Å². The Bertz CT molecular complexity index is 882. The lowest BCUT2D eigenvalue weighted by Gasteiger charge is -2.24. The molecule has 2 aliphatic rings. The maximum absolute atomic E-state index is 12.7. The number of Topliss-reactive ketones (excluding diaryl/α,β-unsaturated/α-hetero) is 2. The summed E-state index contributed by atoms with van der Waals surface area (Å²) in [5.41, 5.74) is 1.11. The summed E-state index contributed by atoms with van der Waals surface area (Å²) in [6, 6.07) is 5.40. The van der Waals surface area contributed by atoms with Gasteiger partial charge in [-0.3, -0.25) is 9.59 Å². The van der Waals surface area contributed by atoms with E-state index in [9.17, 15) is 22.8 Å². The molecule has 3 atom stereocenters. The molecule has 2 aromatic rings. The van der Waals surface area contributed by atoms with Crippen LogP contribution in [0.4, 0.5) is 13.2 Å². The number of rotatable bonds is 3. The van der Waals surface area contributed by atoms with Crippen LogP contribution in [0.2, 0.25) is 0 Å². The first-order chi connectivity index (χ1) is 12.7. The Morgan fingerprint density at radius 1 is 1.07 bits per heavy atom. The van der Waals surface area contributed by atoms with Gasteiger partial charge in [0.25, 0.3) is 0 Å². The van der Waals surface area contributed by atoms with Crippen molar-refractivity contribution < 1.29 is 27.5 Å². The van der Waals surface area contributed by atoms with Gasteiger partial charge in [-0.05, 0) is 50.5 Å². The molecule has 1 aromatic heterocycles. The molecule has 0 spiro atoms. The number of hydrogen-bond donors (Lipinski definition) is 0. The quantitative estimate of drug-likeness (QED) is 0.709. The van der Waals surface area contributed by atoms with Crippen LogP contribution in [0.15, 0.2) is 24.3 Å². The highest BCUT2D eigenvalue weighted by Crippen LogP contribution is 2.45. The van der Waals surface area contributed by atoms with Crippen LogP contribution in [0.1, 0.15) is 35.8 Å². The van der Waals surface area contributed by atoms with E-state index in [1.807, 2.05) is 6.92 Å². The molecule has 2 fully saturated rings. The molecule has 2 unspecified atom stereocenters. The summed E-state index contributed by atoms with van der Waals surface area (Å²) in [6.07, 6.45) is -2.55. The van der Waals surface area contributed by atoms with Crippen molar-refractivity contribution in [3.8, 4) is 16.3 Å². The average molecular weight is 395 g/mol. The van der Waals surface area contributed by atoms with Crippen LogP contribution in [0.3, 0.4) is 0 Å². The number of aromatic nitrogens is 1. The first-order valence-electron chi connectivity index (χ1n) is 8.64. The van der Waals surface area contributed by atoms with Crippen molar-refractivity contribution in [2.75, 3.05) is 0 Å². The molecular formula is C19H16F3NO3S. The maximum atomic E-state index is 12.7. The van der Waals surface area contributed by atoms with Gasteiger partial charge < -0.3 is 4.74 Å². The molecule has 2 bridgehead atoms. The van der Waals surface area contributed by atoms with Crippen molar-refractivity contribution in [3.63, 3.8) is 0 Å². The van der Waals surface area contributed by atoms with Crippen molar-refractivity contribution >= 4 is 22.9 Å². The number of ether oxygens (including phenoxy) is 1. The fraction of sp³-hybridized carbons (Fsp3) is 0.421. The molecule has 0 aliphatic heterocycles. The minimum Gasteiger partial charge on any atom is -0.406 e. The van der Waals surface area contributed by atoms with Crippen molar-refractivity contribution in [2.24, 2.45) is 11.8 Å². The Morgan fingerprint density at radius 2 is 1.67 bits per heavy atom. The lowest BCUT2D eigenvalue weighted by Crippen LogP contribution is -2.35. The SMILES string of the molecule is Cc1sc(-c2ccc(OC(F)(F)F)cc2)nc1C1C(=O)C2CC[C@H](C2)C1=O. The standard InChI is InChI=1S/C19H16F3NO3S/c1-9-15(14-16(24)11-2-3-12(8-11)17(14)25)23-18(27-9)10-4-6-13(7-5-10)26-19(20,21)22/h4-7,11-12,14H,2-3,8H2,1H3/t11-,12?,14?/m1/s1. The van der Waals surface area contributed by atoms with Crippen molar-refractivity contribution in [1.82, 2.24) is 4.98 Å². The van der Waals surface area contributed by atoms with Gasteiger partial charge in [0.2, 0.25) is 0 Å². The van der Waals surface area contributed by atoms with E-state index in [2.05, 4.69) is 9.72 Å². The highest BCUT2D eigenvalue weighted by atomic mass is 32.1. The fourth-order valence-electron chi connectivity index (χ4n) is 3.98. The van der Waals surface area contributed by atoms with E-state index in [0.717, 1.165) is 17.7 Å². The molecule has 0 N–H and O–H groups in total. The zero-order valence-corrected chi connectivity index (χ0v) is 15.2. The van der Waals surface area contributed by atoms with Crippen molar-refractivity contribution in [1.29, 1.82) is 0 Å². The second kappa shape index (κ2) is 6.44. The molecule has 2 saturated carbocycles. The zero-order chi connectivity index (χ0) is 19.3. The molecule has 4 nitrogen and oxygen atoms in total. The number of benzene rings is 1. The van der Waals surface area contributed by atoms with Gasteiger partial charge in [0.15, 0.2) is 11.6 Å². The third-order valence-corrected chi connectivity index (χ3v) is 6.28. The topological polar surface area (TPSA) is 56.3 Å². The van der Waals surface area contributed by atoms with E-state index in [1.54, 1.807) is 0 Å². The van der Waals surface area contributed by atoms with Gasteiger partial charge in [0.05, 0.1) is 5.69 Å². The molecule has 1 heterocycles. The number of ketones is 2. The number of halogens is 3. The van der Waals surface area contributed by atoms with Gasteiger partial charge >= 0.3 is 6.36 Å². The Labute approximate surface area is 157 Å². The predicted octanol–water partition coefficient (Wildman–Crippen LogP) is 4.67. The number of fused-ring (bicyclic) bond motifs is 2. The first-order valence-corrected chi connectivity index (χ1v) is 9.45. The lowest BCUT2D eigenvalue weighted by molar-refractivity contribution is -0.274. The Balaban J connectivity index is 1.62. The van der Waals surface area contributed by atoms with Crippen LogP contribution in [0, 0.1) is 18.8 Å². The summed E-state index contributed by atoms with van der Waals surface area (Å²) in [5.74, 6) is -1.30. The molecule has 1 aromatic carbocycles. The number of nitrogens with zero attached hydrogens (tertiary/aromatic N) is 1. The van der Waals surface area contributed by atoms with E-state index in [1.165, 1.54) is 35.6 Å². The molecular weight excluding hydrogens is 379 g/mol. The van der Waals surface area contributed by atoms with E-state index < -0.39 is 12.3 Å². The van der Waals surface area contributed by atoms with Gasteiger partial charge in [-0.2, -0.15) is 0 Å². The Hall–Kier alpha value is -2.22. The average Bonchev–Trinajstić information content (AvgIpc) is 3.19. The summed E-state index contributed by atoms with van der Waals surface area (Å²) in [7, 11) is 0. The van der Waals surface area contributed by atoms with Crippen LogP contribution in [-0.2, 0) is 9.59 Å². The van der Waals surface area contributed by atoms with Gasteiger partial charge in [-0.1, -0.05) is 0 Å². The lowest BCUT2D eigenvalue weighted by atomic mass is 9.77. The third-order valence-electron chi connectivity index (χ3n) is 5.25. The number of alkyl halides is 3. The number of carbonyl (C=O) groups excluding carboxylic acids is 2. The van der Waals surface area contributed by atoms with E-state index in [4.69, 9.17) is 0 Å². The fourth-order valence-corrected chi connectivity index (χ4v) is 4.93. The van der Waals surface area contributed by atoms with Crippen molar-refractivity contribution in [2.45, 2.75) is 38.5 Å². The highest BCUT2D eigenvalue weighted by molar-refractivity contribution is 7.15. The molecule has 142 valence electrons. The molecule has 8 heteroatoms. The number of thiazole rings is 1. The van der Waals surface area contributed by atoms with Crippen molar-refractivity contribution in [3.05, 3.63) is 34.8 Å². The number of hydrogen-bond acceptors (Lipinski definition) is 5. The zero-order valence-electron chi connectivity index (χ0n) is 14.4. The van der Waals surface area contributed by atoms with Gasteiger partial charge in [0, 0.05) is 22.3 Å². The summed E-state index contributed by atoms with van der Waals surface area (Å²) in [6.45, 7) is 1.81. The van der Waals surface area contributed by atoms with Crippen LogP contribution in [0.5, 0.6) is 5.75 Å². The number of aryl methyl sites for hydroxylation is 1. The van der Waals surface area contributed by atoms with Crippen LogP contribution < -0.4 is 4.74 Å². The van der Waals surface area contributed by atoms with Gasteiger partial charge in [0.1, 0.15) is 16.7 Å². The Kier molecular flexibility index (Phi) is 4.33. The summed E-state index contributed by atoms with van der Waals surface area (Å²) >= 11 is 1.33. The molecule has 0 amide bonds. The predicted molar refractivity (Wildman–Crippen MR) is 92.6 cm³/mol. The first kappa shape index (κ1) is 18.2. The molecule has 0 saturated heterocycles. The largest absolute Gasteiger partial charge is 0.573 e. The molecule has 2 aliphatic carbocycles. The molecule has 4 rings (SSSR count). The second-order valence-corrected chi connectivity index (χ2v) is 8.18. The van der Waals surface area contributed by atoms with E-state index >= 15 is 0 Å². The minimum absolute atomic E-state index is 0.0392. The number of carbonyl (C=O) groups is 2. The van der Waals surface area contributed by atoms with Gasteiger partial charge in [-0.15, -0.1) is 24.5 Å². The Morgan fingerprint density at radius 3 is 2.22 bits per heavy atom. The monoisotopic (exact) mass is 395 g/mol. The third kappa shape index (κ3) is 3.38. The normalized spacial score (nSPS) is 25.1. The highest BCUT2D eigenvalue weighted by Gasteiger charge is 2.48. The second-order valence-electron chi connectivity index (χ2n) is 6.98. The van der Waals surface area contributed by atoms with Crippen LogP contribution >= 0.6 is 11.3 Å².